The molecule has 3 N–H and O–H groups in total. The van der Waals surface area contributed by atoms with E-state index in [0.717, 1.165) is 12.5 Å². The Kier molecular flexibility index (Phi) is 11.3. The summed E-state index contributed by atoms with van der Waals surface area (Å²) in [6.45, 7) is 6.89. The van der Waals surface area contributed by atoms with E-state index in [1.807, 2.05) is 6.92 Å². The van der Waals surface area contributed by atoms with Gasteiger partial charge in [-0.2, -0.15) is 0 Å². The van der Waals surface area contributed by atoms with Crippen LogP contribution in [0, 0.1) is 12.8 Å². The lowest BCUT2D eigenvalue weighted by Crippen LogP contribution is -2.41. The first-order valence-corrected chi connectivity index (χ1v) is 9.51. The number of nitrogens with one attached hydrogen (secondary N) is 3. The van der Waals surface area contributed by atoms with E-state index < -0.39 is 0 Å². The van der Waals surface area contributed by atoms with Crippen molar-refractivity contribution in [2.45, 2.75) is 52.5 Å². The van der Waals surface area contributed by atoms with Gasteiger partial charge in [-0.3, -0.25) is 4.79 Å². The molecule has 1 aliphatic rings. The summed E-state index contributed by atoms with van der Waals surface area (Å²) in [5.74, 6) is 1.56. The van der Waals surface area contributed by atoms with Gasteiger partial charge in [0.25, 0.3) is 0 Å². The molecule has 1 aromatic rings. The largest absolute Gasteiger partial charge is 0.357 e. The molecule has 2 rings (SSSR count). The first-order valence-electron chi connectivity index (χ1n) is 9.51. The van der Waals surface area contributed by atoms with E-state index in [-0.39, 0.29) is 29.9 Å². The predicted octanol–water partition coefficient (Wildman–Crippen LogP) is 3.36. The fourth-order valence-electron chi connectivity index (χ4n) is 3.14. The molecule has 0 saturated heterocycles. The third-order valence-electron chi connectivity index (χ3n) is 4.57. The zero-order valence-corrected chi connectivity index (χ0v) is 18.3. The molecule has 1 saturated carbocycles. The highest BCUT2D eigenvalue weighted by Crippen LogP contribution is 2.27. The third-order valence-corrected chi connectivity index (χ3v) is 4.57. The topological polar surface area (TPSA) is 65.5 Å². The van der Waals surface area contributed by atoms with Crippen molar-refractivity contribution in [1.29, 1.82) is 0 Å². The Labute approximate surface area is 174 Å². The third kappa shape index (κ3) is 8.87. The Bertz CT molecular complexity index is 553. The highest BCUT2D eigenvalue weighted by Gasteiger charge is 2.17. The van der Waals surface area contributed by atoms with Crippen molar-refractivity contribution in [1.82, 2.24) is 16.0 Å². The standard InChI is InChI=1S/C20H32N4O.HI/c1-3-21-20(24-15-18-10-8-16(2)9-11-18)23-13-12-22-19(25)14-17-6-4-5-7-17;/h8-11,17H,3-7,12-15H2,1-2H3,(H,22,25)(H2,21,23,24);1H. The zero-order valence-electron chi connectivity index (χ0n) is 16.0. The van der Waals surface area contributed by atoms with Crippen molar-refractivity contribution < 1.29 is 4.79 Å². The molecule has 0 atom stereocenters. The maximum Gasteiger partial charge on any atom is 0.220 e. The van der Waals surface area contributed by atoms with Gasteiger partial charge in [0.1, 0.15) is 0 Å². The minimum absolute atomic E-state index is 0. The molecule has 0 unspecified atom stereocenters. The van der Waals surface area contributed by atoms with Gasteiger partial charge in [0.15, 0.2) is 5.96 Å². The number of aryl methyl sites for hydroxylation is 1. The molecule has 0 bridgehead atoms. The van der Waals surface area contributed by atoms with Gasteiger partial charge in [0, 0.05) is 26.1 Å². The normalized spacial score (nSPS) is 14.6. The molecule has 1 fully saturated rings. The molecule has 0 spiro atoms. The van der Waals surface area contributed by atoms with Crippen molar-refractivity contribution in [3.05, 3.63) is 35.4 Å². The number of carbonyl (C=O) groups is 1. The van der Waals surface area contributed by atoms with Gasteiger partial charge in [0.2, 0.25) is 5.91 Å². The van der Waals surface area contributed by atoms with E-state index in [2.05, 4.69) is 52.1 Å². The minimum Gasteiger partial charge on any atom is -0.357 e. The van der Waals surface area contributed by atoms with Crippen LogP contribution >= 0.6 is 24.0 Å². The van der Waals surface area contributed by atoms with Crippen LogP contribution in [0.1, 0.15) is 50.2 Å². The van der Waals surface area contributed by atoms with Crippen LogP contribution in [0.5, 0.6) is 0 Å². The number of benzene rings is 1. The quantitative estimate of drug-likeness (QED) is 0.235. The summed E-state index contributed by atoms with van der Waals surface area (Å²) in [4.78, 5) is 16.5. The molecular formula is C20H33IN4O. The van der Waals surface area contributed by atoms with Gasteiger partial charge >= 0.3 is 0 Å². The van der Waals surface area contributed by atoms with Crippen molar-refractivity contribution in [2.75, 3.05) is 19.6 Å². The van der Waals surface area contributed by atoms with E-state index >= 15 is 0 Å². The summed E-state index contributed by atoms with van der Waals surface area (Å²) in [6.07, 6.45) is 5.66. The maximum atomic E-state index is 11.9. The first-order chi connectivity index (χ1) is 12.2. The highest BCUT2D eigenvalue weighted by molar-refractivity contribution is 14.0. The lowest BCUT2D eigenvalue weighted by molar-refractivity contribution is -0.121. The smallest absolute Gasteiger partial charge is 0.220 e. The van der Waals surface area contributed by atoms with Crippen LogP contribution in [-0.4, -0.2) is 31.5 Å². The number of hydrogen-bond donors (Lipinski definition) is 3. The minimum atomic E-state index is 0. The van der Waals surface area contributed by atoms with Crippen LogP contribution in [0.25, 0.3) is 0 Å². The van der Waals surface area contributed by atoms with Crippen LogP contribution in [-0.2, 0) is 11.3 Å². The number of rotatable bonds is 8. The molecule has 1 aromatic carbocycles. The van der Waals surface area contributed by atoms with E-state index in [9.17, 15) is 4.79 Å². The SMILES string of the molecule is CCNC(=NCc1ccc(C)cc1)NCCNC(=O)CC1CCCC1.I. The number of nitrogens with zero attached hydrogens (tertiary/aromatic N) is 1. The summed E-state index contributed by atoms with van der Waals surface area (Å²) in [7, 11) is 0. The van der Waals surface area contributed by atoms with Crippen molar-refractivity contribution in [3.8, 4) is 0 Å². The van der Waals surface area contributed by atoms with E-state index in [4.69, 9.17) is 0 Å². The molecule has 0 aromatic heterocycles. The molecule has 0 heterocycles. The summed E-state index contributed by atoms with van der Waals surface area (Å²) < 4.78 is 0. The second-order valence-corrected chi connectivity index (χ2v) is 6.81. The van der Waals surface area contributed by atoms with Gasteiger partial charge in [-0.1, -0.05) is 42.7 Å². The number of aliphatic imine (C=N–C) groups is 1. The van der Waals surface area contributed by atoms with Crippen LogP contribution in [0.4, 0.5) is 0 Å². The fourth-order valence-corrected chi connectivity index (χ4v) is 3.14. The number of amides is 1. The Balaban J connectivity index is 0.00000338. The second-order valence-electron chi connectivity index (χ2n) is 6.81. The molecule has 0 aliphatic heterocycles. The second kappa shape index (κ2) is 12.9. The number of hydrogen-bond acceptors (Lipinski definition) is 2. The summed E-state index contributed by atoms with van der Waals surface area (Å²) in [5, 5.41) is 9.52. The Hall–Kier alpha value is -1.31. The Morgan fingerprint density at radius 2 is 1.73 bits per heavy atom. The van der Waals surface area contributed by atoms with Crippen LogP contribution in [0.15, 0.2) is 29.3 Å². The van der Waals surface area contributed by atoms with Crippen molar-refractivity contribution in [2.24, 2.45) is 10.9 Å². The number of guanidine groups is 1. The fraction of sp³-hybridized carbons (Fsp3) is 0.600. The average Bonchev–Trinajstić information content (AvgIpc) is 3.10. The highest BCUT2D eigenvalue weighted by atomic mass is 127. The van der Waals surface area contributed by atoms with Gasteiger partial charge in [-0.25, -0.2) is 4.99 Å². The van der Waals surface area contributed by atoms with Crippen LogP contribution < -0.4 is 16.0 Å². The first kappa shape index (κ1) is 22.7. The van der Waals surface area contributed by atoms with Gasteiger partial charge in [-0.05, 0) is 38.2 Å². The number of carbonyl (C=O) groups excluding carboxylic acids is 1. The summed E-state index contributed by atoms with van der Waals surface area (Å²) in [6, 6.07) is 8.41. The molecular weight excluding hydrogens is 439 g/mol. The van der Waals surface area contributed by atoms with Crippen molar-refractivity contribution >= 4 is 35.8 Å². The molecule has 26 heavy (non-hydrogen) atoms. The lowest BCUT2D eigenvalue weighted by atomic mass is 10.0. The Morgan fingerprint density at radius 1 is 1.08 bits per heavy atom. The molecule has 0 radical (unpaired) electrons. The predicted molar refractivity (Wildman–Crippen MR) is 119 cm³/mol. The van der Waals surface area contributed by atoms with E-state index in [0.29, 0.717) is 32.0 Å². The van der Waals surface area contributed by atoms with E-state index in [1.54, 1.807) is 0 Å². The molecule has 146 valence electrons. The monoisotopic (exact) mass is 472 g/mol. The Morgan fingerprint density at radius 3 is 2.38 bits per heavy atom. The maximum absolute atomic E-state index is 11.9. The van der Waals surface area contributed by atoms with Gasteiger partial charge in [0.05, 0.1) is 6.54 Å². The number of halogens is 1. The van der Waals surface area contributed by atoms with Gasteiger partial charge < -0.3 is 16.0 Å². The van der Waals surface area contributed by atoms with E-state index in [1.165, 1.54) is 36.8 Å². The summed E-state index contributed by atoms with van der Waals surface area (Å²) in [5.41, 5.74) is 2.44. The molecule has 5 nitrogen and oxygen atoms in total. The lowest BCUT2D eigenvalue weighted by Gasteiger charge is -2.13. The summed E-state index contributed by atoms with van der Waals surface area (Å²) >= 11 is 0. The van der Waals surface area contributed by atoms with Crippen LogP contribution in [0.2, 0.25) is 0 Å². The molecule has 1 amide bonds. The van der Waals surface area contributed by atoms with Crippen LogP contribution in [0.3, 0.4) is 0 Å². The van der Waals surface area contributed by atoms with Gasteiger partial charge in [-0.15, -0.1) is 24.0 Å². The molecule has 1 aliphatic carbocycles. The average molecular weight is 472 g/mol. The van der Waals surface area contributed by atoms with Crippen molar-refractivity contribution in [3.63, 3.8) is 0 Å². The zero-order chi connectivity index (χ0) is 17.9. The molecule has 6 heteroatoms.